The number of amides is 1. The van der Waals surface area contributed by atoms with E-state index in [0.717, 1.165) is 24.0 Å². The molecule has 0 bridgehead atoms. The maximum atomic E-state index is 12.3. The van der Waals surface area contributed by atoms with Crippen LogP contribution in [0, 0.1) is 6.92 Å². The standard InChI is InChI=1S/C19H22ClN5O3S/c1-12-22-19(24-23-12)16-3-2-14(28-16)7-18(26)21-8-15-10-25(4-5-27-15)9-13-6-17(20)29-11-13/h2-3,6,11,15H,4-5,7-10H2,1H3,(H,21,26)(H,22,23,24)/t15-/m0/s1. The zero-order chi connectivity index (χ0) is 20.2. The third-order valence-corrected chi connectivity index (χ3v) is 5.73. The lowest BCUT2D eigenvalue weighted by Gasteiger charge is -2.32. The van der Waals surface area contributed by atoms with Crippen LogP contribution in [0.25, 0.3) is 11.6 Å². The predicted octanol–water partition coefficient (Wildman–Crippen LogP) is 2.65. The van der Waals surface area contributed by atoms with Crippen molar-refractivity contribution in [3.63, 3.8) is 0 Å². The van der Waals surface area contributed by atoms with Crippen LogP contribution in [0.2, 0.25) is 4.34 Å². The highest BCUT2D eigenvalue weighted by atomic mass is 35.5. The minimum atomic E-state index is -0.109. The molecule has 3 aromatic heterocycles. The van der Waals surface area contributed by atoms with Crippen LogP contribution in [0.1, 0.15) is 17.1 Å². The molecule has 4 rings (SSSR count). The summed E-state index contributed by atoms with van der Waals surface area (Å²) in [4.78, 5) is 18.8. The van der Waals surface area contributed by atoms with Crippen LogP contribution in [0.4, 0.5) is 0 Å². The van der Waals surface area contributed by atoms with Gasteiger partial charge in [0.05, 0.1) is 23.5 Å². The van der Waals surface area contributed by atoms with Crippen molar-refractivity contribution in [2.75, 3.05) is 26.2 Å². The van der Waals surface area contributed by atoms with Crippen molar-refractivity contribution in [3.05, 3.63) is 45.1 Å². The molecule has 3 aromatic rings. The highest BCUT2D eigenvalue weighted by Gasteiger charge is 2.21. The van der Waals surface area contributed by atoms with Gasteiger partial charge in [-0.3, -0.25) is 14.8 Å². The van der Waals surface area contributed by atoms with Crippen molar-refractivity contribution in [2.45, 2.75) is 26.0 Å². The number of halogens is 1. The molecule has 1 saturated heterocycles. The molecule has 1 amide bonds. The number of rotatable bonds is 7. The first kappa shape index (κ1) is 20.1. The molecule has 0 spiro atoms. The van der Waals surface area contributed by atoms with E-state index >= 15 is 0 Å². The topological polar surface area (TPSA) is 96.3 Å². The van der Waals surface area contributed by atoms with Gasteiger partial charge in [0.15, 0.2) is 5.76 Å². The molecule has 154 valence electrons. The maximum absolute atomic E-state index is 12.3. The fourth-order valence-electron chi connectivity index (χ4n) is 3.23. The number of nitrogens with one attached hydrogen (secondary N) is 2. The highest BCUT2D eigenvalue weighted by molar-refractivity contribution is 7.14. The van der Waals surface area contributed by atoms with Crippen LogP contribution in [0.5, 0.6) is 0 Å². The number of nitrogens with zero attached hydrogens (tertiary/aromatic N) is 3. The molecule has 1 aliphatic rings. The Balaban J connectivity index is 1.23. The smallest absolute Gasteiger partial charge is 0.227 e. The van der Waals surface area contributed by atoms with Gasteiger partial charge in [0.25, 0.3) is 0 Å². The molecule has 0 aliphatic carbocycles. The monoisotopic (exact) mass is 435 g/mol. The van der Waals surface area contributed by atoms with Gasteiger partial charge in [-0.1, -0.05) is 11.6 Å². The number of furan rings is 1. The molecule has 1 atom stereocenters. The second-order valence-corrected chi connectivity index (χ2v) is 8.52. The van der Waals surface area contributed by atoms with E-state index in [-0.39, 0.29) is 18.4 Å². The SMILES string of the molecule is Cc1nc(-c2ccc(CC(=O)NC[C@H]3CN(Cc4csc(Cl)c4)CCO3)o2)n[nH]1. The quantitative estimate of drug-likeness (QED) is 0.592. The van der Waals surface area contributed by atoms with Crippen molar-refractivity contribution >= 4 is 28.8 Å². The molecule has 0 aromatic carbocycles. The second-order valence-electron chi connectivity index (χ2n) is 6.98. The minimum Gasteiger partial charge on any atom is -0.457 e. The van der Waals surface area contributed by atoms with Gasteiger partial charge < -0.3 is 14.5 Å². The number of carbonyl (C=O) groups is 1. The Labute approximate surface area is 177 Å². The molecule has 0 radical (unpaired) electrons. The van der Waals surface area contributed by atoms with Gasteiger partial charge in [0.2, 0.25) is 11.7 Å². The lowest BCUT2D eigenvalue weighted by molar-refractivity contribution is -0.121. The number of morpholine rings is 1. The molecular weight excluding hydrogens is 414 g/mol. The van der Waals surface area contributed by atoms with Crippen molar-refractivity contribution in [1.29, 1.82) is 0 Å². The van der Waals surface area contributed by atoms with Crippen molar-refractivity contribution < 1.29 is 13.9 Å². The first-order valence-electron chi connectivity index (χ1n) is 9.37. The molecule has 0 unspecified atom stereocenters. The molecule has 8 nitrogen and oxygen atoms in total. The van der Waals surface area contributed by atoms with Crippen LogP contribution < -0.4 is 5.32 Å². The van der Waals surface area contributed by atoms with E-state index in [0.29, 0.717) is 36.3 Å². The van der Waals surface area contributed by atoms with Crippen LogP contribution in [-0.2, 0) is 22.5 Å². The van der Waals surface area contributed by atoms with E-state index in [1.807, 2.05) is 13.0 Å². The van der Waals surface area contributed by atoms with E-state index in [9.17, 15) is 4.79 Å². The van der Waals surface area contributed by atoms with E-state index < -0.39 is 0 Å². The summed E-state index contributed by atoms with van der Waals surface area (Å²) in [5, 5.41) is 11.8. The van der Waals surface area contributed by atoms with Gasteiger partial charge in [-0.25, -0.2) is 4.98 Å². The first-order chi connectivity index (χ1) is 14.0. The number of ether oxygens (including phenoxy) is 1. The van der Waals surface area contributed by atoms with Gasteiger partial charge in [0, 0.05) is 26.2 Å². The second kappa shape index (κ2) is 9.08. The molecule has 10 heteroatoms. The summed E-state index contributed by atoms with van der Waals surface area (Å²) in [5.74, 6) is 2.19. The first-order valence-corrected chi connectivity index (χ1v) is 10.6. The summed E-state index contributed by atoms with van der Waals surface area (Å²) in [6.07, 6.45) is 0.123. The number of aromatic amines is 1. The van der Waals surface area contributed by atoms with Gasteiger partial charge in [0.1, 0.15) is 11.6 Å². The van der Waals surface area contributed by atoms with Gasteiger partial charge in [-0.2, -0.15) is 5.10 Å². The zero-order valence-corrected chi connectivity index (χ0v) is 17.6. The lowest BCUT2D eigenvalue weighted by atomic mass is 10.2. The number of aromatic nitrogens is 3. The Kier molecular flexibility index (Phi) is 6.29. The van der Waals surface area contributed by atoms with E-state index in [1.165, 1.54) is 5.56 Å². The van der Waals surface area contributed by atoms with Crippen molar-refractivity contribution in [2.24, 2.45) is 0 Å². The normalized spacial score (nSPS) is 17.5. The largest absolute Gasteiger partial charge is 0.457 e. The molecule has 2 N–H and O–H groups in total. The molecular formula is C19H22ClN5O3S. The van der Waals surface area contributed by atoms with Crippen molar-refractivity contribution in [1.82, 2.24) is 25.4 Å². The predicted molar refractivity (Wildman–Crippen MR) is 110 cm³/mol. The Morgan fingerprint density at radius 3 is 3.14 bits per heavy atom. The Morgan fingerprint density at radius 1 is 1.48 bits per heavy atom. The van der Waals surface area contributed by atoms with E-state index in [4.69, 9.17) is 20.8 Å². The van der Waals surface area contributed by atoms with E-state index in [1.54, 1.807) is 23.5 Å². The number of hydrogen-bond acceptors (Lipinski definition) is 7. The number of hydrogen-bond donors (Lipinski definition) is 2. The number of H-pyrrole nitrogens is 1. The number of carbonyl (C=O) groups excluding carboxylic acids is 1. The summed E-state index contributed by atoms with van der Waals surface area (Å²) >= 11 is 7.55. The lowest BCUT2D eigenvalue weighted by Crippen LogP contribution is -2.47. The summed E-state index contributed by atoms with van der Waals surface area (Å²) in [6, 6.07) is 5.53. The van der Waals surface area contributed by atoms with Crippen LogP contribution >= 0.6 is 22.9 Å². The third-order valence-electron chi connectivity index (χ3n) is 4.59. The fourth-order valence-corrected chi connectivity index (χ4v) is 4.13. The Hall–Kier alpha value is -2.20. The Morgan fingerprint density at radius 2 is 2.38 bits per heavy atom. The highest BCUT2D eigenvalue weighted by Crippen LogP contribution is 2.22. The van der Waals surface area contributed by atoms with Crippen LogP contribution in [0.15, 0.2) is 28.0 Å². The average Bonchev–Trinajstić information content (AvgIpc) is 3.42. The number of aryl methyl sites for hydroxylation is 1. The summed E-state index contributed by atoms with van der Waals surface area (Å²) in [7, 11) is 0. The molecule has 1 fully saturated rings. The molecule has 1 aliphatic heterocycles. The Bertz CT molecular complexity index is 969. The average molecular weight is 436 g/mol. The molecule has 29 heavy (non-hydrogen) atoms. The van der Waals surface area contributed by atoms with Gasteiger partial charge >= 0.3 is 0 Å². The number of thiophene rings is 1. The molecule has 4 heterocycles. The zero-order valence-electron chi connectivity index (χ0n) is 16.0. The molecule has 0 saturated carbocycles. The third kappa shape index (κ3) is 5.45. The van der Waals surface area contributed by atoms with E-state index in [2.05, 4.69) is 30.8 Å². The van der Waals surface area contributed by atoms with Crippen LogP contribution in [-0.4, -0.2) is 58.3 Å². The summed E-state index contributed by atoms with van der Waals surface area (Å²) < 4.78 is 12.3. The summed E-state index contributed by atoms with van der Waals surface area (Å²) in [5.41, 5.74) is 1.21. The van der Waals surface area contributed by atoms with Gasteiger partial charge in [-0.05, 0) is 36.1 Å². The minimum absolute atomic E-state index is 0.0369. The van der Waals surface area contributed by atoms with Gasteiger partial charge in [-0.15, -0.1) is 11.3 Å². The van der Waals surface area contributed by atoms with Crippen LogP contribution in [0.3, 0.4) is 0 Å². The summed E-state index contributed by atoms with van der Waals surface area (Å²) in [6.45, 7) is 5.41. The fraction of sp³-hybridized carbons (Fsp3) is 0.421. The van der Waals surface area contributed by atoms with Crippen molar-refractivity contribution in [3.8, 4) is 11.6 Å². The maximum Gasteiger partial charge on any atom is 0.227 e.